The first kappa shape index (κ1) is 43.0. The number of aliphatic hydroxyl groups excluding tert-OH is 2. The number of hydrogen-bond donors (Lipinski definition) is 4. The number of aromatic nitrogens is 2. The second-order valence-corrected chi connectivity index (χ2v) is 16.7. The number of amides is 2. The first-order valence-electron chi connectivity index (χ1n) is 19.8. The fraction of sp³-hybridized carbons (Fsp3) is 0.409. The fourth-order valence-corrected chi connectivity index (χ4v) is 10.9. The maximum atomic E-state index is 13.5. The number of pyridine rings is 2. The Balaban J connectivity index is 0.000000162. The van der Waals surface area contributed by atoms with E-state index in [9.17, 15) is 46.1 Å². The van der Waals surface area contributed by atoms with Gasteiger partial charge >= 0.3 is 12.4 Å². The number of anilines is 2. The number of ether oxygens (including phenoxy) is 4. The Labute approximate surface area is 360 Å². The van der Waals surface area contributed by atoms with Crippen LogP contribution in [0.3, 0.4) is 0 Å². The molecule has 4 aliphatic heterocycles. The summed E-state index contributed by atoms with van der Waals surface area (Å²) in [7, 11) is 2.92. The molecule has 14 nitrogen and oxygen atoms in total. The molecule has 2 amide bonds. The van der Waals surface area contributed by atoms with Gasteiger partial charge in [-0.25, -0.2) is 19.7 Å². The average molecular weight is 891 g/mol. The van der Waals surface area contributed by atoms with Gasteiger partial charge in [0.2, 0.25) is 34.9 Å². The molecule has 10 rings (SSSR count). The van der Waals surface area contributed by atoms with Crippen molar-refractivity contribution < 1.29 is 65.1 Å². The van der Waals surface area contributed by atoms with Gasteiger partial charge in [-0.1, -0.05) is 24.3 Å². The number of rotatable bonds is 8. The van der Waals surface area contributed by atoms with E-state index in [0.717, 1.165) is 36.4 Å². The Morgan fingerprint density at radius 2 is 1.08 bits per heavy atom. The fourth-order valence-electron chi connectivity index (χ4n) is 10.9. The van der Waals surface area contributed by atoms with Gasteiger partial charge in [0, 0.05) is 59.6 Å². The molecule has 20 heteroatoms. The van der Waals surface area contributed by atoms with Gasteiger partial charge in [-0.3, -0.25) is 9.59 Å². The Morgan fingerprint density at radius 1 is 0.688 bits per heavy atom. The summed E-state index contributed by atoms with van der Waals surface area (Å²) in [6.07, 6.45) is -8.94. The summed E-state index contributed by atoms with van der Waals surface area (Å²) >= 11 is 0. The lowest BCUT2D eigenvalue weighted by molar-refractivity contribution is -0.138. The van der Waals surface area contributed by atoms with E-state index in [0.29, 0.717) is 35.7 Å². The molecule has 0 spiro atoms. The predicted octanol–water partition coefficient (Wildman–Crippen LogP) is 6.92. The molecule has 2 saturated carbocycles. The van der Waals surface area contributed by atoms with Crippen LogP contribution in [0.1, 0.15) is 47.9 Å². The van der Waals surface area contributed by atoms with Crippen molar-refractivity contribution in [3.8, 4) is 11.8 Å². The molecule has 2 aliphatic carbocycles. The zero-order chi connectivity index (χ0) is 45.8. The Kier molecular flexibility index (Phi) is 9.80. The molecule has 4 bridgehead atoms. The highest BCUT2D eigenvalue weighted by Crippen LogP contribution is 2.79. The lowest BCUT2D eigenvalue weighted by Gasteiger charge is -2.29. The summed E-state index contributed by atoms with van der Waals surface area (Å²) in [4.78, 5) is 41.7. The van der Waals surface area contributed by atoms with E-state index in [1.54, 1.807) is 24.3 Å². The number of hydrogen-bond acceptors (Lipinski definition) is 10. The number of nitrogens with zero attached hydrogens (tertiary/aromatic N) is 4. The van der Waals surface area contributed by atoms with E-state index >= 15 is 0 Å². The first-order chi connectivity index (χ1) is 30.3. The molecule has 2 aromatic carbocycles. The topological polar surface area (TPSA) is 170 Å². The third kappa shape index (κ3) is 6.06. The van der Waals surface area contributed by atoms with Crippen molar-refractivity contribution >= 4 is 34.6 Å². The minimum atomic E-state index is -4.62. The van der Waals surface area contributed by atoms with Crippen molar-refractivity contribution in [2.45, 2.75) is 85.5 Å². The summed E-state index contributed by atoms with van der Waals surface area (Å²) < 4.78 is 101. The molecule has 6 heterocycles. The van der Waals surface area contributed by atoms with Crippen LogP contribution in [0, 0.1) is 24.0 Å². The minimum absolute atomic E-state index is 0.0938. The number of halogens is 6. The summed E-state index contributed by atoms with van der Waals surface area (Å²) in [6, 6.07) is 12.0. The first-order valence-corrected chi connectivity index (χ1v) is 19.8. The number of aliphatic hydroxyl groups is 2. The van der Waals surface area contributed by atoms with E-state index in [2.05, 4.69) is 30.3 Å². The quantitative estimate of drug-likeness (QED) is 0.108. The second kappa shape index (κ2) is 14.6. The largest absolute Gasteiger partial charge is 0.481 e. The number of nitrogens with one attached hydrogen (secondary N) is 2. The number of methoxy groups -OCH3 is 2. The van der Waals surface area contributed by atoms with Crippen LogP contribution in [0.5, 0.6) is 11.8 Å². The highest BCUT2D eigenvalue weighted by Gasteiger charge is 2.88. The smallest absolute Gasteiger partial charge is 0.416 e. The average Bonchev–Trinajstić information content (AvgIpc) is 3.98. The summed E-state index contributed by atoms with van der Waals surface area (Å²) in [5, 5.41) is 26.1. The van der Waals surface area contributed by atoms with Crippen molar-refractivity contribution in [2.75, 3.05) is 24.9 Å². The molecule has 10 atom stereocenters. The van der Waals surface area contributed by atoms with Crippen LogP contribution < -0.4 is 20.1 Å². The molecule has 4 N–H and O–H groups in total. The second-order valence-electron chi connectivity index (χ2n) is 16.7. The van der Waals surface area contributed by atoms with Gasteiger partial charge < -0.3 is 39.8 Å². The Hall–Kier alpha value is -6.32. The summed E-state index contributed by atoms with van der Waals surface area (Å²) in [6.45, 7) is 14.5. The molecular formula is C44H36F6N6O8. The molecule has 2 aromatic heterocycles. The molecule has 0 unspecified atom stereocenters. The number of carbonyl (C=O) groups is 2. The van der Waals surface area contributed by atoms with Crippen LogP contribution in [0.4, 0.5) is 49.1 Å². The third-order valence-corrected chi connectivity index (χ3v) is 13.9. The third-order valence-electron chi connectivity index (χ3n) is 13.9. The van der Waals surface area contributed by atoms with Gasteiger partial charge in [-0.2, -0.15) is 26.3 Å². The monoisotopic (exact) mass is 890 g/mol. The minimum Gasteiger partial charge on any atom is -0.481 e. The zero-order valence-corrected chi connectivity index (χ0v) is 33.6. The van der Waals surface area contributed by atoms with Gasteiger partial charge in [-0.15, -0.1) is 0 Å². The lowest BCUT2D eigenvalue weighted by Crippen LogP contribution is -2.44. The highest BCUT2D eigenvalue weighted by atomic mass is 19.4. The van der Waals surface area contributed by atoms with E-state index in [1.165, 1.54) is 26.6 Å². The molecule has 6 fully saturated rings. The highest BCUT2D eigenvalue weighted by molar-refractivity contribution is 6.04. The van der Waals surface area contributed by atoms with Gasteiger partial charge in [-0.05, 0) is 48.2 Å². The summed E-state index contributed by atoms with van der Waals surface area (Å²) in [5.74, 6) is -0.388. The molecular weight excluding hydrogens is 855 g/mol. The number of carbonyl (C=O) groups excluding carboxylic acids is 2. The van der Waals surface area contributed by atoms with E-state index in [1.807, 2.05) is 0 Å². The molecule has 4 saturated heterocycles. The van der Waals surface area contributed by atoms with Crippen LogP contribution in [0.2, 0.25) is 0 Å². The van der Waals surface area contributed by atoms with Gasteiger partial charge in [0.25, 0.3) is 0 Å². The Morgan fingerprint density at radius 3 is 1.42 bits per heavy atom. The SMILES string of the molecule is [C-]#[N+]c1ccc(C(F)(F)F)cc1NC(=O)[C@@]12C[C@]1(c1ccnc(OC)c1)[C@@H]1O[C@H]2C[C@H]1O.[C-]#[N+]c1ccc(C(F)(F)F)cc1NC(=O)[C@]12C[C@@]1(c1ccnc(OC)c1)[C@H]1O[C@@H]2C[C@@H]1O. The Bertz CT molecular complexity index is 2510. The molecule has 6 aliphatic rings. The predicted molar refractivity (Wildman–Crippen MR) is 210 cm³/mol. The van der Waals surface area contributed by atoms with Crippen molar-refractivity contribution in [1.82, 2.24) is 9.97 Å². The molecule has 0 radical (unpaired) electrons. The number of alkyl halides is 6. The van der Waals surface area contributed by atoms with Gasteiger partial charge in [0.1, 0.15) is 0 Å². The molecule has 4 aromatic rings. The van der Waals surface area contributed by atoms with Crippen molar-refractivity contribution in [3.63, 3.8) is 0 Å². The number of benzene rings is 2. The lowest BCUT2D eigenvalue weighted by atomic mass is 9.74. The normalized spacial score (nSPS) is 32.2. The van der Waals surface area contributed by atoms with Crippen molar-refractivity contribution in [2.24, 2.45) is 10.8 Å². The van der Waals surface area contributed by atoms with Crippen LogP contribution in [-0.2, 0) is 42.2 Å². The van der Waals surface area contributed by atoms with Crippen LogP contribution in [0.25, 0.3) is 9.69 Å². The van der Waals surface area contributed by atoms with E-state index in [-0.39, 0.29) is 35.6 Å². The van der Waals surface area contributed by atoms with Crippen LogP contribution in [0.15, 0.2) is 73.1 Å². The van der Waals surface area contributed by atoms with E-state index < -0.39 is 93.6 Å². The van der Waals surface area contributed by atoms with Crippen molar-refractivity contribution in [3.05, 3.63) is 118 Å². The van der Waals surface area contributed by atoms with Gasteiger partial charge in [0.15, 0.2) is 0 Å². The maximum absolute atomic E-state index is 13.5. The standard InChI is InChI=1S/2C22H18F3N3O4/c2*1-26-13-4-3-12(22(23,24)25)7-14(13)28-19(30)21-10-20(21,18-15(29)9-16(21)32-18)11-5-6-27-17(8-11)31-2/h2*3-8,15-16,18,29H,9-10H2,2H3,(H,28,30)/t2*15-,16+,18-,20+,21+/m10/s1. The van der Waals surface area contributed by atoms with Crippen molar-refractivity contribution in [1.29, 1.82) is 0 Å². The van der Waals surface area contributed by atoms with Crippen LogP contribution >= 0.6 is 0 Å². The molecule has 332 valence electrons. The maximum Gasteiger partial charge on any atom is 0.416 e. The van der Waals surface area contributed by atoms with E-state index in [4.69, 9.17) is 32.1 Å². The molecule has 64 heavy (non-hydrogen) atoms. The van der Waals surface area contributed by atoms with Gasteiger partial charge in [0.05, 0.1) is 85.9 Å². The van der Waals surface area contributed by atoms with Crippen LogP contribution in [-0.4, -0.2) is 82.8 Å². The zero-order valence-electron chi connectivity index (χ0n) is 33.6. The summed E-state index contributed by atoms with van der Waals surface area (Å²) in [5.41, 5.74) is -4.95. The number of fused-ring (bicyclic) bond motifs is 10.